The van der Waals surface area contributed by atoms with E-state index in [0.29, 0.717) is 19.0 Å². The van der Waals surface area contributed by atoms with Gasteiger partial charge in [0.05, 0.1) is 0 Å². The number of rotatable bonds is 5. The standard InChI is InChI=1S/C10H20N2O4S/c1-8(2)12(7-10(13)14)17(15,16)11-5-4-9(3)6-11/h8-9H,4-7H2,1-3H3,(H,13,14). The van der Waals surface area contributed by atoms with E-state index in [9.17, 15) is 13.2 Å². The van der Waals surface area contributed by atoms with Crippen molar-refractivity contribution in [2.75, 3.05) is 19.6 Å². The first-order chi connectivity index (χ1) is 7.75. The van der Waals surface area contributed by atoms with Gasteiger partial charge >= 0.3 is 5.97 Å². The Morgan fingerprint density at radius 1 is 1.53 bits per heavy atom. The summed E-state index contributed by atoms with van der Waals surface area (Å²) in [6.45, 7) is 5.83. The molecule has 0 radical (unpaired) electrons. The lowest BCUT2D eigenvalue weighted by molar-refractivity contribution is -0.137. The van der Waals surface area contributed by atoms with E-state index in [2.05, 4.69) is 0 Å². The number of aliphatic carboxylic acids is 1. The quantitative estimate of drug-likeness (QED) is 0.778. The summed E-state index contributed by atoms with van der Waals surface area (Å²) >= 11 is 0. The van der Waals surface area contributed by atoms with Crippen LogP contribution in [0.1, 0.15) is 27.2 Å². The van der Waals surface area contributed by atoms with Crippen LogP contribution in [0.3, 0.4) is 0 Å². The van der Waals surface area contributed by atoms with Gasteiger partial charge in [-0.2, -0.15) is 17.0 Å². The Morgan fingerprint density at radius 2 is 2.12 bits per heavy atom. The molecule has 0 aliphatic carbocycles. The third-order valence-electron chi connectivity index (χ3n) is 2.88. The van der Waals surface area contributed by atoms with Gasteiger partial charge in [0.1, 0.15) is 6.54 Å². The highest BCUT2D eigenvalue weighted by atomic mass is 32.2. The molecule has 1 unspecified atom stereocenters. The van der Waals surface area contributed by atoms with Crippen LogP contribution < -0.4 is 0 Å². The van der Waals surface area contributed by atoms with Crippen molar-refractivity contribution in [3.05, 3.63) is 0 Å². The molecule has 1 N–H and O–H groups in total. The van der Waals surface area contributed by atoms with Crippen molar-refractivity contribution in [2.24, 2.45) is 5.92 Å². The molecule has 1 heterocycles. The summed E-state index contributed by atoms with van der Waals surface area (Å²) in [5, 5.41) is 8.77. The number of carboxylic acids is 1. The SMILES string of the molecule is CC1CCN(S(=O)(=O)N(CC(=O)O)C(C)C)C1. The first kappa shape index (κ1) is 14.4. The molecule has 1 aliphatic heterocycles. The zero-order valence-electron chi connectivity index (χ0n) is 10.5. The van der Waals surface area contributed by atoms with Crippen molar-refractivity contribution in [2.45, 2.75) is 33.2 Å². The van der Waals surface area contributed by atoms with Crippen LogP contribution >= 0.6 is 0 Å². The summed E-state index contributed by atoms with van der Waals surface area (Å²) in [6.07, 6.45) is 0.832. The van der Waals surface area contributed by atoms with Crippen molar-refractivity contribution < 1.29 is 18.3 Å². The molecule has 1 aliphatic rings. The Kier molecular flexibility index (Phi) is 4.51. The van der Waals surface area contributed by atoms with E-state index in [-0.39, 0.29) is 6.04 Å². The number of hydrogen-bond donors (Lipinski definition) is 1. The molecule has 1 atom stereocenters. The van der Waals surface area contributed by atoms with E-state index in [1.165, 1.54) is 4.31 Å². The van der Waals surface area contributed by atoms with Crippen molar-refractivity contribution in [1.29, 1.82) is 0 Å². The number of nitrogens with zero attached hydrogens (tertiary/aromatic N) is 2. The average Bonchev–Trinajstić information content (AvgIpc) is 2.61. The molecule has 0 aromatic rings. The van der Waals surface area contributed by atoms with E-state index < -0.39 is 22.7 Å². The molecule has 100 valence electrons. The number of carbonyl (C=O) groups is 1. The summed E-state index contributed by atoms with van der Waals surface area (Å²) in [7, 11) is -3.64. The molecule has 0 amide bonds. The van der Waals surface area contributed by atoms with E-state index in [4.69, 9.17) is 5.11 Å². The van der Waals surface area contributed by atoms with Gasteiger partial charge in [0, 0.05) is 19.1 Å². The molecule has 6 nitrogen and oxygen atoms in total. The Morgan fingerprint density at radius 3 is 2.47 bits per heavy atom. The first-order valence-corrected chi connectivity index (χ1v) is 7.13. The lowest BCUT2D eigenvalue weighted by Crippen LogP contribution is -2.48. The van der Waals surface area contributed by atoms with Gasteiger partial charge in [-0.1, -0.05) is 6.92 Å². The highest BCUT2D eigenvalue weighted by molar-refractivity contribution is 7.86. The second-order valence-electron chi connectivity index (χ2n) is 4.79. The summed E-state index contributed by atoms with van der Waals surface area (Å²) in [6, 6.07) is -0.355. The zero-order chi connectivity index (χ0) is 13.2. The van der Waals surface area contributed by atoms with E-state index in [1.54, 1.807) is 13.8 Å². The molecule has 0 saturated carbocycles. The monoisotopic (exact) mass is 264 g/mol. The lowest BCUT2D eigenvalue weighted by Gasteiger charge is -2.28. The number of hydrogen-bond acceptors (Lipinski definition) is 3. The largest absolute Gasteiger partial charge is 0.480 e. The molecule has 1 saturated heterocycles. The van der Waals surface area contributed by atoms with Crippen molar-refractivity contribution in [3.8, 4) is 0 Å². The van der Waals surface area contributed by atoms with Gasteiger partial charge in [-0.05, 0) is 26.2 Å². The predicted octanol–water partition coefficient (Wildman–Crippen LogP) is 0.368. The molecule has 0 aromatic heterocycles. The van der Waals surface area contributed by atoms with Crippen molar-refractivity contribution in [1.82, 2.24) is 8.61 Å². The van der Waals surface area contributed by atoms with Crippen LogP contribution in [0.15, 0.2) is 0 Å². The van der Waals surface area contributed by atoms with Crippen LogP contribution in [0.5, 0.6) is 0 Å². The van der Waals surface area contributed by atoms with Crippen LogP contribution in [-0.4, -0.2) is 53.8 Å². The molecule has 17 heavy (non-hydrogen) atoms. The predicted molar refractivity (Wildman–Crippen MR) is 63.8 cm³/mol. The summed E-state index contributed by atoms with van der Waals surface area (Å²) < 4.78 is 26.9. The molecular weight excluding hydrogens is 244 g/mol. The minimum atomic E-state index is -3.64. The maximum Gasteiger partial charge on any atom is 0.318 e. The minimum Gasteiger partial charge on any atom is -0.480 e. The maximum absolute atomic E-state index is 12.2. The average molecular weight is 264 g/mol. The number of carboxylic acid groups (broad SMARTS) is 1. The Bertz CT molecular complexity index is 380. The normalized spacial score (nSPS) is 22.5. The third-order valence-corrected chi connectivity index (χ3v) is 5.00. The molecule has 7 heteroatoms. The molecular formula is C10H20N2O4S. The van der Waals surface area contributed by atoms with Gasteiger partial charge in [0.2, 0.25) is 0 Å². The van der Waals surface area contributed by atoms with Crippen molar-refractivity contribution in [3.63, 3.8) is 0 Å². The molecule has 0 bridgehead atoms. The van der Waals surface area contributed by atoms with Gasteiger partial charge in [0.25, 0.3) is 10.2 Å². The van der Waals surface area contributed by atoms with Crippen LogP contribution in [0.25, 0.3) is 0 Å². The highest BCUT2D eigenvalue weighted by Gasteiger charge is 2.36. The molecule has 0 spiro atoms. The second kappa shape index (κ2) is 5.32. The first-order valence-electron chi connectivity index (χ1n) is 5.74. The van der Waals surface area contributed by atoms with Crippen LogP contribution in [0.4, 0.5) is 0 Å². The molecule has 1 rings (SSSR count). The minimum absolute atomic E-state index is 0.337. The maximum atomic E-state index is 12.2. The van der Waals surface area contributed by atoms with Gasteiger partial charge in [0.15, 0.2) is 0 Å². The summed E-state index contributed by atoms with van der Waals surface area (Å²) in [5.74, 6) is -0.793. The van der Waals surface area contributed by atoms with Gasteiger partial charge in [-0.3, -0.25) is 4.79 Å². The van der Waals surface area contributed by atoms with E-state index in [1.807, 2.05) is 6.92 Å². The Hall–Kier alpha value is -0.660. The third kappa shape index (κ3) is 3.40. The van der Waals surface area contributed by atoms with Crippen LogP contribution in [0, 0.1) is 5.92 Å². The lowest BCUT2D eigenvalue weighted by atomic mass is 10.2. The van der Waals surface area contributed by atoms with Gasteiger partial charge in [-0.25, -0.2) is 0 Å². The van der Waals surface area contributed by atoms with Crippen LogP contribution in [-0.2, 0) is 15.0 Å². The Labute approximate surface area is 102 Å². The van der Waals surface area contributed by atoms with E-state index >= 15 is 0 Å². The molecule has 1 fully saturated rings. The van der Waals surface area contributed by atoms with Crippen LogP contribution in [0.2, 0.25) is 0 Å². The smallest absolute Gasteiger partial charge is 0.318 e. The fourth-order valence-electron chi connectivity index (χ4n) is 1.92. The zero-order valence-corrected chi connectivity index (χ0v) is 11.3. The van der Waals surface area contributed by atoms with Crippen molar-refractivity contribution >= 4 is 16.2 Å². The topological polar surface area (TPSA) is 77.9 Å². The highest BCUT2D eigenvalue weighted by Crippen LogP contribution is 2.22. The van der Waals surface area contributed by atoms with E-state index in [0.717, 1.165) is 10.7 Å². The second-order valence-corrected chi connectivity index (χ2v) is 6.67. The van der Waals surface area contributed by atoms with Gasteiger partial charge < -0.3 is 5.11 Å². The fraction of sp³-hybridized carbons (Fsp3) is 0.900. The summed E-state index contributed by atoms with van der Waals surface area (Å²) in [5.41, 5.74) is 0. The van der Waals surface area contributed by atoms with Gasteiger partial charge in [-0.15, -0.1) is 0 Å². The Balaban J connectivity index is 2.88. The summed E-state index contributed by atoms with van der Waals surface area (Å²) in [4.78, 5) is 10.7. The fourth-order valence-corrected chi connectivity index (χ4v) is 3.80. The molecule has 0 aromatic carbocycles.